The average Bonchev–Trinajstić information content (AvgIpc) is 2.73. The first-order valence-electron chi connectivity index (χ1n) is 12.1. The van der Waals surface area contributed by atoms with Gasteiger partial charge in [-0.3, -0.25) is 9.59 Å². The predicted octanol–water partition coefficient (Wildman–Crippen LogP) is 3.63. The van der Waals surface area contributed by atoms with Crippen LogP contribution in [0.5, 0.6) is 0 Å². The molecule has 1 aliphatic carbocycles. The van der Waals surface area contributed by atoms with Crippen molar-refractivity contribution < 1.29 is 9.59 Å². The number of amides is 2. The Morgan fingerprint density at radius 2 is 1.38 bits per heavy atom. The molecule has 3 rings (SSSR count). The molecule has 0 radical (unpaired) electrons. The Balaban J connectivity index is 1.30. The zero-order chi connectivity index (χ0) is 20.8. The van der Waals surface area contributed by atoms with Gasteiger partial charge < -0.3 is 14.7 Å². The molecule has 29 heavy (non-hydrogen) atoms. The molecule has 0 aromatic carbocycles. The number of piperidine rings is 2. The van der Waals surface area contributed by atoms with Crippen LogP contribution >= 0.6 is 0 Å². The smallest absolute Gasteiger partial charge is 0.225 e. The maximum atomic E-state index is 12.8. The van der Waals surface area contributed by atoms with E-state index in [1.54, 1.807) is 6.92 Å². The Hall–Kier alpha value is -1.10. The van der Waals surface area contributed by atoms with Crippen molar-refractivity contribution >= 4 is 11.8 Å². The summed E-state index contributed by atoms with van der Waals surface area (Å²) in [5.74, 6) is 3.29. The monoisotopic (exact) mass is 405 g/mol. The SMILES string of the molecule is CC(=O)N1CCC(CN(C)CCC2CCN(C(=O)C3CCC(C)CC3)CC2)CC1. The highest BCUT2D eigenvalue weighted by Crippen LogP contribution is 2.31. The van der Waals surface area contributed by atoms with Crippen LogP contribution in [-0.4, -0.2) is 72.8 Å². The van der Waals surface area contributed by atoms with Crippen LogP contribution in [-0.2, 0) is 9.59 Å². The lowest BCUT2D eigenvalue weighted by Gasteiger charge is -2.37. The predicted molar refractivity (Wildman–Crippen MR) is 118 cm³/mol. The van der Waals surface area contributed by atoms with Gasteiger partial charge in [0.15, 0.2) is 0 Å². The van der Waals surface area contributed by atoms with E-state index < -0.39 is 0 Å². The number of carbonyl (C=O) groups excluding carboxylic acids is 2. The molecule has 1 saturated carbocycles. The van der Waals surface area contributed by atoms with Gasteiger partial charge in [-0.05, 0) is 89.1 Å². The van der Waals surface area contributed by atoms with Gasteiger partial charge in [-0.2, -0.15) is 0 Å². The Kier molecular flexibility index (Phi) is 8.40. The molecule has 5 heteroatoms. The van der Waals surface area contributed by atoms with E-state index in [0.717, 1.165) is 82.7 Å². The van der Waals surface area contributed by atoms with Crippen LogP contribution in [0.1, 0.15) is 71.6 Å². The third kappa shape index (κ3) is 6.70. The highest BCUT2D eigenvalue weighted by molar-refractivity contribution is 5.79. The molecule has 0 unspecified atom stereocenters. The topological polar surface area (TPSA) is 43.9 Å². The normalized spacial score (nSPS) is 27.4. The van der Waals surface area contributed by atoms with E-state index in [9.17, 15) is 9.59 Å². The summed E-state index contributed by atoms with van der Waals surface area (Å²) in [7, 11) is 2.25. The van der Waals surface area contributed by atoms with Gasteiger partial charge in [0.1, 0.15) is 0 Å². The molecular weight excluding hydrogens is 362 g/mol. The number of hydrogen-bond donors (Lipinski definition) is 0. The molecule has 0 aromatic heterocycles. The Morgan fingerprint density at radius 1 is 0.828 bits per heavy atom. The van der Waals surface area contributed by atoms with Crippen LogP contribution in [0.25, 0.3) is 0 Å². The van der Waals surface area contributed by atoms with Gasteiger partial charge in [-0.1, -0.05) is 6.92 Å². The lowest BCUT2D eigenvalue weighted by atomic mass is 9.82. The van der Waals surface area contributed by atoms with Crippen LogP contribution in [0.3, 0.4) is 0 Å². The van der Waals surface area contributed by atoms with Gasteiger partial charge in [-0.25, -0.2) is 0 Å². The van der Waals surface area contributed by atoms with Gasteiger partial charge in [0.25, 0.3) is 0 Å². The second-order valence-corrected chi connectivity index (χ2v) is 10.2. The van der Waals surface area contributed by atoms with Crippen molar-refractivity contribution in [2.24, 2.45) is 23.7 Å². The minimum atomic E-state index is 0.222. The first-order valence-corrected chi connectivity index (χ1v) is 12.1. The molecule has 3 fully saturated rings. The largest absolute Gasteiger partial charge is 0.343 e. The molecule has 2 saturated heterocycles. The summed E-state index contributed by atoms with van der Waals surface area (Å²) in [5, 5.41) is 0. The zero-order valence-electron chi connectivity index (χ0n) is 19.1. The Bertz CT molecular complexity index is 528. The highest BCUT2D eigenvalue weighted by Gasteiger charge is 2.30. The van der Waals surface area contributed by atoms with Crippen molar-refractivity contribution in [3.05, 3.63) is 0 Å². The van der Waals surface area contributed by atoms with Gasteiger partial charge in [0.2, 0.25) is 11.8 Å². The van der Waals surface area contributed by atoms with Gasteiger partial charge in [0.05, 0.1) is 0 Å². The van der Waals surface area contributed by atoms with E-state index in [0.29, 0.717) is 11.8 Å². The van der Waals surface area contributed by atoms with E-state index in [1.807, 2.05) is 4.90 Å². The van der Waals surface area contributed by atoms with Crippen LogP contribution < -0.4 is 0 Å². The summed E-state index contributed by atoms with van der Waals surface area (Å²) in [6, 6.07) is 0. The summed E-state index contributed by atoms with van der Waals surface area (Å²) in [6.07, 6.45) is 10.6. The molecule has 3 aliphatic rings. The van der Waals surface area contributed by atoms with E-state index in [2.05, 4.69) is 23.8 Å². The van der Waals surface area contributed by atoms with Gasteiger partial charge in [0, 0.05) is 45.6 Å². The molecule has 0 atom stereocenters. The lowest BCUT2D eigenvalue weighted by Crippen LogP contribution is -2.43. The highest BCUT2D eigenvalue weighted by atomic mass is 16.2. The van der Waals surface area contributed by atoms with Gasteiger partial charge in [-0.15, -0.1) is 0 Å². The fraction of sp³-hybridized carbons (Fsp3) is 0.917. The molecule has 0 spiro atoms. The van der Waals surface area contributed by atoms with E-state index in [4.69, 9.17) is 0 Å². The number of hydrogen-bond acceptors (Lipinski definition) is 3. The maximum Gasteiger partial charge on any atom is 0.225 e. The summed E-state index contributed by atoms with van der Waals surface area (Å²) in [6.45, 7) is 10.1. The van der Waals surface area contributed by atoms with E-state index in [-0.39, 0.29) is 5.91 Å². The van der Waals surface area contributed by atoms with Crippen molar-refractivity contribution in [3.8, 4) is 0 Å². The summed E-state index contributed by atoms with van der Waals surface area (Å²) in [4.78, 5) is 30.9. The maximum absolute atomic E-state index is 12.8. The van der Waals surface area contributed by atoms with Crippen LogP contribution in [0.4, 0.5) is 0 Å². The Morgan fingerprint density at radius 3 is 1.97 bits per heavy atom. The molecule has 2 aliphatic heterocycles. The standard InChI is InChI=1S/C24H43N3O2/c1-19-4-6-23(7-5-19)24(29)27-16-9-21(10-17-27)8-13-25(3)18-22-11-14-26(15-12-22)20(2)28/h19,21-23H,4-18H2,1-3H3. The first-order chi connectivity index (χ1) is 13.9. The zero-order valence-corrected chi connectivity index (χ0v) is 19.1. The minimum absolute atomic E-state index is 0.222. The van der Waals surface area contributed by atoms with Crippen molar-refractivity contribution in [1.29, 1.82) is 0 Å². The third-order valence-electron chi connectivity index (χ3n) is 7.84. The van der Waals surface area contributed by atoms with Gasteiger partial charge >= 0.3 is 0 Å². The molecule has 2 heterocycles. The summed E-state index contributed by atoms with van der Waals surface area (Å²) < 4.78 is 0. The second-order valence-electron chi connectivity index (χ2n) is 10.2. The van der Waals surface area contributed by atoms with Crippen molar-refractivity contribution in [1.82, 2.24) is 14.7 Å². The van der Waals surface area contributed by atoms with Crippen molar-refractivity contribution in [2.45, 2.75) is 71.6 Å². The van der Waals surface area contributed by atoms with Crippen LogP contribution in [0.2, 0.25) is 0 Å². The molecular formula is C24H43N3O2. The average molecular weight is 406 g/mol. The lowest BCUT2D eigenvalue weighted by molar-refractivity contribution is -0.138. The molecule has 5 nitrogen and oxygen atoms in total. The molecule has 0 bridgehead atoms. The molecule has 0 aromatic rings. The van der Waals surface area contributed by atoms with E-state index in [1.165, 1.54) is 32.1 Å². The third-order valence-corrected chi connectivity index (χ3v) is 7.84. The summed E-state index contributed by atoms with van der Waals surface area (Å²) in [5.41, 5.74) is 0. The quantitative estimate of drug-likeness (QED) is 0.678. The second kappa shape index (κ2) is 10.8. The number of likely N-dealkylation sites (tertiary alicyclic amines) is 2. The molecule has 166 valence electrons. The Labute approximate surface area is 178 Å². The van der Waals surface area contributed by atoms with Crippen molar-refractivity contribution in [2.75, 3.05) is 46.3 Å². The van der Waals surface area contributed by atoms with Crippen molar-refractivity contribution in [3.63, 3.8) is 0 Å². The first kappa shape index (κ1) is 22.6. The van der Waals surface area contributed by atoms with Crippen LogP contribution in [0.15, 0.2) is 0 Å². The van der Waals surface area contributed by atoms with E-state index >= 15 is 0 Å². The number of rotatable bonds is 6. The minimum Gasteiger partial charge on any atom is -0.343 e. The number of nitrogens with zero attached hydrogens (tertiary/aromatic N) is 3. The fourth-order valence-electron chi connectivity index (χ4n) is 5.57. The summed E-state index contributed by atoms with van der Waals surface area (Å²) >= 11 is 0. The molecule has 0 N–H and O–H groups in total. The molecule has 2 amide bonds. The van der Waals surface area contributed by atoms with Crippen LogP contribution in [0, 0.1) is 23.7 Å². The fourth-order valence-corrected chi connectivity index (χ4v) is 5.57. The number of carbonyl (C=O) groups is 2.